The zero-order chi connectivity index (χ0) is 23.4. The molecule has 1 saturated heterocycles. The van der Waals surface area contributed by atoms with Crippen molar-refractivity contribution < 1.29 is 26.7 Å². The summed E-state index contributed by atoms with van der Waals surface area (Å²) in [6.07, 6.45) is 4.53. The standard InChI is InChI=1S/C24H28F2N2O4S/c1-31-20-6-4-5-19(14-20)23(28-11-2-3-12-28)16-27-33(29,30)22-10-8-17-13-21(32-24(25)26)9-7-18(17)15-22/h4-7,9,13-15,23-24,27H,2-3,8,10-12,16H2,1H3. The lowest BCUT2D eigenvalue weighted by Gasteiger charge is -2.29. The minimum Gasteiger partial charge on any atom is -0.497 e. The average molecular weight is 479 g/mol. The molecule has 2 aliphatic rings. The van der Waals surface area contributed by atoms with Gasteiger partial charge in [0.1, 0.15) is 11.5 Å². The van der Waals surface area contributed by atoms with Gasteiger partial charge in [-0.05, 0) is 85.8 Å². The average Bonchev–Trinajstić information content (AvgIpc) is 3.33. The molecular weight excluding hydrogens is 450 g/mol. The number of benzene rings is 2. The van der Waals surface area contributed by atoms with Crippen LogP contribution in [0.5, 0.6) is 11.5 Å². The van der Waals surface area contributed by atoms with E-state index in [4.69, 9.17) is 4.74 Å². The van der Waals surface area contributed by atoms with Gasteiger partial charge in [-0.1, -0.05) is 18.2 Å². The van der Waals surface area contributed by atoms with E-state index in [9.17, 15) is 17.2 Å². The predicted molar refractivity (Wildman–Crippen MR) is 123 cm³/mol. The molecule has 1 unspecified atom stereocenters. The van der Waals surface area contributed by atoms with Crippen molar-refractivity contribution in [3.05, 3.63) is 64.1 Å². The lowest BCUT2D eigenvalue weighted by atomic mass is 9.97. The molecular formula is C24H28F2N2O4S. The summed E-state index contributed by atoms with van der Waals surface area (Å²) >= 11 is 0. The summed E-state index contributed by atoms with van der Waals surface area (Å²) in [5.41, 5.74) is 2.50. The molecule has 2 aromatic rings. The molecule has 0 bridgehead atoms. The number of alkyl halides is 2. The van der Waals surface area contributed by atoms with Crippen molar-refractivity contribution in [1.29, 1.82) is 0 Å². The second-order valence-corrected chi connectivity index (χ2v) is 10.1. The first-order chi connectivity index (χ1) is 15.9. The summed E-state index contributed by atoms with van der Waals surface area (Å²) in [5.74, 6) is 0.815. The highest BCUT2D eigenvalue weighted by Gasteiger charge is 2.28. The van der Waals surface area contributed by atoms with Crippen molar-refractivity contribution in [1.82, 2.24) is 9.62 Å². The molecule has 1 fully saturated rings. The summed E-state index contributed by atoms with van der Waals surface area (Å²) in [4.78, 5) is 2.59. The van der Waals surface area contributed by atoms with Gasteiger partial charge < -0.3 is 9.47 Å². The van der Waals surface area contributed by atoms with E-state index in [2.05, 4.69) is 14.4 Å². The third-order valence-corrected chi connectivity index (χ3v) is 7.73. The number of allylic oxidation sites excluding steroid dienone is 1. The quantitative estimate of drug-likeness (QED) is 0.581. The van der Waals surface area contributed by atoms with Crippen molar-refractivity contribution in [2.45, 2.75) is 38.3 Å². The molecule has 9 heteroatoms. The number of methoxy groups -OCH3 is 1. The zero-order valence-electron chi connectivity index (χ0n) is 18.5. The summed E-state index contributed by atoms with van der Waals surface area (Å²) < 4.78 is 63.8. The second-order valence-electron chi connectivity index (χ2n) is 8.24. The first-order valence-corrected chi connectivity index (χ1v) is 12.5. The van der Waals surface area contributed by atoms with Gasteiger partial charge in [-0.2, -0.15) is 8.78 Å². The van der Waals surface area contributed by atoms with Gasteiger partial charge in [0.05, 0.1) is 12.0 Å². The number of likely N-dealkylation sites (tertiary alicyclic amines) is 1. The van der Waals surface area contributed by atoms with Crippen LogP contribution >= 0.6 is 0 Å². The van der Waals surface area contributed by atoms with E-state index in [-0.39, 0.29) is 18.3 Å². The van der Waals surface area contributed by atoms with E-state index >= 15 is 0 Å². The topological polar surface area (TPSA) is 67.9 Å². The SMILES string of the molecule is COc1cccc(C(CNS(=O)(=O)C2=Cc3ccc(OC(F)F)cc3CC2)N2CCCC2)c1. The van der Waals surface area contributed by atoms with Gasteiger partial charge in [0, 0.05) is 12.6 Å². The van der Waals surface area contributed by atoms with Crippen LogP contribution in [0.2, 0.25) is 0 Å². The fourth-order valence-electron chi connectivity index (χ4n) is 4.47. The number of nitrogens with one attached hydrogen (secondary N) is 1. The third-order valence-electron chi connectivity index (χ3n) is 6.17. The van der Waals surface area contributed by atoms with E-state index < -0.39 is 16.6 Å². The van der Waals surface area contributed by atoms with Gasteiger partial charge in [0.15, 0.2) is 0 Å². The number of aryl methyl sites for hydroxylation is 1. The van der Waals surface area contributed by atoms with E-state index in [0.717, 1.165) is 42.8 Å². The van der Waals surface area contributed by atoms with E-state index in [1.807, 2.05) is 24.3 Å². The Hall–Kier alpha value is -2.49. The maximum atomic E-state index is 13.1. The molecule has 0 aromatic heterocycles. The van der Waals surface area contributed by atoms with Gasteiger partial charge in [-0.3, -0.25) is 4.90 Å². The van der Waals surface area contributed by atoms with E-state index in [1.54, 1.807) is 25.3 Å². The number of halogens is 2. The first-order valence-electron chi connectivity index (χ1n) is 11.0. The van der Waals surface area contributed by atoms with Crippen molar-refractivity contribution >= 4 is 16.1 Å². The number of ether oxygens (including phenoxy) is 2. The molecule has 1 aliphatic heterocycles. The molecule has 0 saturated carbocycles. The molecule has 0 spiro atoms. The van der Waals surface area contributed by atoms with Crippen LogP contribution in [-0.2, 0) is 16.4 Å². The second kappa shape index (κ2) is 10.2. The molecule has 1 atom stereocenters. The Balaban J connectivity index is 1.51. The Morgan fingerprint density at radius 1 is 1.06 bits per heavy atom. The van der Waals surface area contributed by atoms with Crippen LogP contribution in [-0.4, -0.2) is 46.7 Å². The Labute approximate surface area is 193 Å². The molecule has 178 valence electrons. The van der Waals surface area contributed by atoms with Gasteiger partial charge in [-0.15, -0.1) is 0 Å². The Morgan fingerprint density at radius 2 is 1.85 bits per heavy atom. The van der Waals surface area contributed by atoms with Gasteiger partial charge in [-0.25, -0.2) is 13.1 Å². The molecule has 0 amide bonds. The Morgan fingerprint density at radius 3 is 2.58 bits per heavy atom. The van der Waals surface area contributed by atoms with Gasteiger partial charge >= 0.3 is 6.61 Å². The number of fused-ring (bicyclic) bond motifs is 1. The molecule has 1 N–H and O–H groups in total. The Bertz CT molecular complexity index is 1120. The summed E-state index contributed by atoms with van der Waals surface area (Å²) in [6, 6.07) is 12.2. The Kier molecular flexibility index (Phi) is 7.31. The highest BCUT2D eigenvalue weighted by atomic mass is 32.2. The van der Waals surface area contributed by atoms with Gasteiger partial charge in [0.25, 0.3) is 0 Å². The minimum atomic E-state index is -3.70. The lowest BCUT2D eigenvalue weighted by Crippen LogP contribution is -2.37. The summed E-state index contributed by atoms with van der Waals surface area (Å²) in [7, 11) is -2.09. The fraction of sp³-hybridized carbons (Fsp3) is 0.417. The van der Waals surface area contributed by atoms with Crippen molar-refractivity contribution in [2.75, 3.05) is 26.7 Å². The molecule has 0 radical (unpaired) electrons. The summed E-state index contributed by atoms with van der Waals surface area (Å²) in [6.45, 7) is -0.804. The first kappa shape index (κ1) is 23.7. The lowest BCUT2D eigenvalue weighted by molar-refractivity contribution is -0.0498. The smallest absolute Gasteiger partial charge is 0.387 e. The van der Waals surface area contributed by atoms with Crippen LogP contribution in [0.1, 0.15) is 42.0 Å². The van der Waals surface area contributed by atoms with Gasteiger partial charge in [0.2, 0.25) is 10.0 Å². The molecule has 33 heavy (non-hydrogen) atoms. The van der Waals surface area contributed by atoms with Crippen molar-refractivity contribution in [2.24, 2.45) is 0 Å². The van der Waals surface area contributed by atoms with Crippen molar-refractivity contribution in [3.8, 4) is 11.5 Å². The van der Waals surface area contributed by atoms with Crippen LogP contribution in [0.15, 0.2) is 47.4 Å². The molecule has 1 heterocycles. The minimum absolute atomic E-state index is 0.0772. The molecule has 4 rings (SSSR count). The van der Waals surface area contributed by atoms with Crippen LogP contribution < -0.4 is 14.2 Å². The maximum absolute atomic E-state index is 13.1. The van der Waals surface area contributed by atoms with Crippen LogP contribution in [0.25, 0.3) is 6.08 Å². The molecule has 2 aromatic carbocycles. The predicted octanol–water partition coefficient (Wildman–Crippen LogP) is 4.34. The number of rotatable bonds is 9. The number of hydrogen-bond donors (Lipinski definition) is 1. The highest BCUT2D eigenvalue weighted by molar-refractivity contribution is 7.93. The van der Waals surface area contributed by atoms with Crippen LogP contribution in [0, 0.1) is 0 Å². The van der Waals surface area contributed by atoms with Crippen LogP contribution in [0.3, 0.4) is 0 Å². The largest absolute Gasteiger partial charge is 0.497 e. The molecule has 1 aliphatic carbocycles. The third kappa shape index (κ3) is 5.72. The monoisotopic (exact) mass is 478 g/mol. The van der Waals surface area contributed by atoms with Crippen LogP contribution in [0.4, 0.5) is 8.78 Å². The normalized spacial score (nSPS) is 17.5. The van der Waals surface area contributed by atoms with E-state index in [1.165, 1.54) is 6.07 Å². The zero-order valence-corrected chi connectivity index (χ0v) is 19.3. The number of hydrogen-bond acceptors (Lipinski definition) is 5. The molecule has 6 nitrogen and oxygen atoms in total. The fourth-order valence-corrected chi connectivity index (χ4v) is 5.69. The highest BCUT2D eigenvalue weighted by Crippen LogP contribution is 2.31. The van der Waals surface area contributed by atoms with Crippen molar-refractivity contribution in [3.63, 3.8) is 0 Å². The summed E-state index contributed by atoms with van der Waals surface area (Å²) in [5, 5.41) is 0. The number of sulfonamides is 1. The maximum Gasteiger partial charge on any atom is 0.387 e. The number of nitrogens with zero attached hydrogens (tertiary/aromatic N) is 1. The van der Waals surface area contributed by atoms with E-state index in [0.29, 0.717) is 23.3 Å².